The monoisotopic (exact) mass is 498 g/mol. The quantitative estimate of drug-likeness (QED) is 0.532. The number of anilines is 1. The van der Waals surface area contributed by atoms with Crippen LogP contribution < -0.4 is 10.1 Å². The summed E-state index contributed by atoms with van der Waals surface area (Å²) in [6.45, 7) is 3.67. The zero-order chi connectivity index (χ0) is 22.3. The molecule has 0 aliphatic carbocycles. The Hall–Kier alpha value is -2.43. The largest absolute Gasteiger partial charge is 0.496 e. The standard InChI is InChI=1S/C20H23BrN2O6S/c1-4-23(5-2)30(26,27)16-8-6-7-15(12-16)22-19(24)13-29-20(25)14-9-10-18(28-3)17(21)11-14/h6-12H,4-5,13H2,1-3H3,(H,22,24). The number of sulfonamides is 1. The lowest BCUT2D eigenvalue weighted by Gasteiger charge is -2.18. The third kappa shape index (κ3) is 5.80. The van der Waals surface area contributed by atoms with Gasteiger partial charge in [-0.2, -0.15) is 4.31 Å². The van der Waals surface area contributed by atoms with Gasteiger partial charge in [0.1, 0.15) is 5.75 Å². The molecule has 0 unspecified atom stereocenters. The number of amides is 1. The van der Waals surface area contributed by atoms with Crippen LogP contribution in [0.15, 0.2) is 51.8 Å². The van der Waals surface area contributed by atoms with Crippen molar-refractivity contribution in [3.05, 3.63) is 52.5 Å². The first-order valence-corrected chi connectivity index (χ1v) is 11.4. The molecule has 2 aromatic carbocycles. The molecule has 162 valence electrons. The summed E-state index contributed by atoms with van der Waals surface area (Å²) >= 11 is 3.28. The molecule has 10 heteroatoms. The van der Waals surface area contributed by atoms with E-state index in [1.807, 2.05) is 0 Å². The van der Waals surface area contributed by atoms with Crippen LogP contribution in [0.25, 0.3) is 0 Å². The molecule has 1 amide bonds. The molecule has 0 atom stereocenters. The fraction of sp³-hybridized carbons (Fsp3) is 0.300. The van der Waals surface area contributed by atoms with E-state index >= 15 is 0 Å². The molecule has 2 aromatic rings. The van der Waals surface area contributed by atoms with Gasteiger partial charge in [0, 0.05) is 18.8 Å². The van der Waals surface area contributed by atoms with Crippen molar-refractivity contribution in [3.63, 3.8) is 0 Å². The molecule has 0 bridgehead atoms. The summed E-state index contributed by atoms with van der Waals surface area (Å²) in [6, 6.07) is 10.6. The number of rotatable bonds is 9. The minimum atomic E-state index is -3.65. The maximum Gasteiger partial charge on any atom is 0.338 e. The first-order valence-electron chi connectivity index (χ1n) is 9.13. The highest BCUT2D eigenvalue weighted by atomic mass is 79.9. The molecule has 0 aromatic heterocycles. The summed E-state index contributed by atoms with van der Waals surface area (Å²) in [7, 11) is -2.14. The molecule has 30 heavy (non-hydrogen) atoms. The number of methoxy groups -OCH3 is 1. The molecule has 0 aliphatic heterocycles. The Bertz CT molecular complexity index is 1020. The van der Waals surface area contributed by atoms with Gasteiger partial charge in [0.25, 0.3) is 5.91 Å². The van der Waals surface area contributed by atoms with Crippen LogP contribution in [0.5, 0.6) is 5.75 Å². The average Bonchev–Trinajstić information content (AvgIpc) is 2.72. The molecule has 8 nitrogen and oxygen atoms in total. The van der Waals surface area contributed by atoms with Crippen LogP contribution in [0.3, 0.4) is 0 Å². The summed E-state index contributed by atoms with van der Waals surface area (Å²) in [5, 5.41) is 2.54. The Morgan fingerprint density at radius 2 is 1.80 bits per heavy atom. The number of benzene rings is 2. The first-order chi connectivity index (χ1) is 14.2. The Balaban J connectivity index is 2.02. The van der Waals surface area contributed by atoms with Gasteiger partial charge in [0.15, 0.2) is 6.61 Å². The normalized spacial score (nSPS) is 11.2. The molecule has 0 aliphatic rings. The van der Waals surface area contributed by atoms with Gasteiger partial charge in [0.2, 0.25) is 10.0 Å². The molecule has 2 rings (SSSR count). The van der Waals surface area contributed by atoms with Gasteiger partial charge in [-0.3, -0.25) is 4.79 Å². The predicted molar refractivity (Wildman–Crippen MR) is 116 cm³/mol. The van der Waals surface area contributed by atoms with E-state index in [0.717, 1.165) is 0 Å². The Labute approximate surface area is 184 Å². The maximum atomic E-state index is 12.6. The molecule has 1 N–H and O–H groups in total. The van der Waals surface area contributed by atoms with Crippen LogP contribution in [0, 0.1) is 0 Å². The van der Waals surface area contributed by atoms with Crippen LogP contribution in [-0.2, 0) is 19.6 Å². The number of ether oxygens (including phenoxy) is 2. The molecular weight excluding hydrogens is 476 g/mol. The van der Waals surface area contributed by atoms with E-state index < -0.39 is 28.5 Å². The van der Waals surface area contributed by atoms with Gasteiger partial charge in [-0.1, -0.05) is 19.9 Å². The van der Waals surface area contributed by atoms with E-state index in [1.165, 1.54) is 41.7 Å². The fourth-order valence-electron chi connectivity index (χ4n) is 2.65. The molecular formula is C20H23BrN2O6S. The average molecular weight is 499 g/mol. The van der Waals surface area contributed by atoms with E-state index in [1.54, 1.807) is 26.0 Å². The van der Waals surface area contributed by atoms with E-state index in [4.69, 9.17) is 9.47 Å². The number of hydrogen-bond donors (Lipinski definition) is 1. The number of halogens is 1. The van der Waals surface area contributed by atoms with Gasteiger partial charge in [-0.05, 0) is 52.3 Å². The summed E-state index contributed by atoms with van der Waals surface area (Å²) in [6.07, 6.45) is 0. The summed E-state index contributed by atoms with van der Waals surface area (Å²) < 4.78 is 37.2. The van der Waals surface area contributed by atoms with Crippen LogP contribution in [0.2, 0.25) is 0 Å². The second kappa shape index (κ2) is 10.6. The van der Waals surface area contributed by atoms with Crippen molar-refractivity contribution in [1.29, 1.82) is 0 Å². The molecule has 0 radical (unpaired) electrons. The first kappa shape index (κ1) is 23.8. The second-order valence-corrected chi connectivity index (χ2v) is 8.88. The highest BCUT2D eigenvalue weighted by Gasteiger charge is 2.22. The third-order valence-electron chi connectivity index (χ3n) is 4.18. The highest BCUT2D eigenvalue weighted by molar-refractivity contribution is 9.10. The van der Waals surface area contributed by atoms with E-state index in [0.29, 0.717) is 23.3 Å². The lowest BCUT2D eigenvalue weighted by molar-refractivity contribution is -0.119. The van der Waals surface area contributed by atoms with Crippen molar-refractivity contribution in [2.45, 2.75) is 18.7 Å². The van der Waals surface area contributed by atoms with Crippen LogP contribution in [-0.4, -0.2) is 51.4 Å². The highest BCUT2D eigenvalue weighted by Crippen LogP contribution is 2.25. The van der Waals surface area contributed by atoms with E-state index in [9.17, 15) is 18.0 Å². The molecule has 0 saturated heterocycles. The maximum absolute atomic E-state index is 12.6. The van der Waals surface area contributed by atoms with Crippen LogP contribution >= 0.6 is 15.9 Å². The third-order valence-corrected chi connectivity index (χ3v) is 6.85. The van der Waals surface area contributed by atoms with Gasteiger partial charge in [-0.15, -0.1) is 0 Å². The number of esters is 1. The van der Waals surface area contributed by atoms with Gasteiger partial charge < -0.3 is 14.8 Å². The van der Waals surface area contributed by atoms with E-state index in [-0.39, 0.29) is 16.1 Å². The summed E-state index contributed by atoms with van der Waals surface area (Å²) in [5.41, 5.74) is 0.541. The zero-order valence-electron chi connectivity index (χ0n) is 16.8. The summed E-state index contributed by atoms with van der Waals surface area (Å²) in [5.74, 6) is -0.705. The minimum absolute atomic E-state index is 0.0732. The van der Waals surface area contributed by atoms with Crippen molar-refractivity contribution in [2.75, 3.05) is 32.1 Å². The Morgan fingerprint density at radius 3 is 2.40 bits per heavy atom. The molecule has 0 heterocycles. The SMILES string of the molecule is CCN(CC)S(=O)(=O)c1cccc(NC(=O)COC(=O)c2ccc(OC)c(Br)c2)c1. The van der Waals surface area contributed by atoms with Crippen molar-refractivity contribution in [1.82, 2.24) is 4.31 Å². The van der Waals surface area contributed by atoms with Crippen molar-refractivity contribution < 1.29 is 27.5 Å². The topological polar surface area (TPSA) is 102 Å². The van der Waals surface area contributed by atoms with Gasteiger partial charge in [-0.25, -0.2) is 13.2 Å². The van der Waals surface area contributed by atoms with E-state index in [2.05, 4.69) is 21.2 Å². The Morgan fingerprint density at radius 1 is 1.10 bits per heavy atom. The second-order valence-electron chi connectivity index (χ2n) is 6.09. The lowest BCUT2D eigenvalue weighted by atomic mass is 10.2. The number of nitrogens with zero attached hydrogens (tertiary/aromatic N) is 1. The predicted octanol–water partition coefficient (Wildman–Crippen LogP) is 3.28. The smallest absolute Gasteiger partial charge is 0.338 e. The van der Waals surface area contributed by atoms with Gasteiger partial charge >= 0.3 is 5.97 Å². The fourth-order valence-corrected chi connectivity index (χ4v) is 4.70. The molecule has 0 fully saturated rings. The summed E-state index contributed by atoms with van der Waals surface area (Å²) in [4.78, 5) is 24.3. The molecule has 0 saturated carbocycles. The number of nitrogens with one attached hydrogen (secondary N) is 1. The van der Waals surface area contributed by atoms with Crippen molar-refractivity contribution in [3.8, 4) is 5.75 Å². The minimum Gasteiger partial charge on any atom is -0.496 e. The zero-order valence-corrected chi connectivity index (χ0v) is 19.2. The number of carbonyl (C=O) groups excluding carboxylic acids is 2. The lowest BCUT2D eigenvalue weighted by Crippen LogP contribution is -2.30. The van der Waals surface area contributed by atoms with Gasteiger partial charge in [0.05, 0.1) is 22.0 Å². The Kier molecular flexibility index (Phi) is 8.39. The van der Waals surface area contributed by atoms with Crippen LogP contribution in [0.1, 0.15) is 24.2 Å². The van der Waals surface area contributed by atoms with Crippen molar-refractivity contribution in [2.24, 2.45) is 0 Å². The number of carbonyl (C=O) groups is 2. The number of hydrogen-bond acceptors (Lipinski definition) is 6. The molecule has 0 spiro atoms. The van der Waals surface area contributed by atoms with Crippen molar-refractivity contribution >= 4 is 43.5 Å². The van der Waals surface area contributed by atoms with Crippen LogP contribution in [0.4, 0.5) is 5.69 Å².